The molecule has 0 fully saturated rings. The van der Waals surface area contributed by atoms with Crippen LogP contribution in [-0.2, 0) is 0 Å². The molecule has 0 aliphatic carbocycles. The lowest BCUT2D eigenvalue weighted by Gasteiger charge is -2.06. The maximum atomic E-state index is 6.08. The first-order valence-corrected chi connectivity index (χ1v) is 9.66. The zero-order chi connectivity index (χ0) is 19.4. The standard InChI is InChI=1S/C20H22ClN.C3H9N/c1-4-13-22-20(18-8-6-5-7-15(18)2)12-10-17-9-11-19(21)16(3)14-17;1-2-3-4/h5-12,14H,4,13H2,1-3H3;2-4H2,1H3/b12-10+,22-20?;. The average molecular weight is 371 g/mol. The van der Waals surface area contributed by atoms with Gasteiger partial charge in [-0.1, -0.05) is 67.9 Å². The van der Waals surface area contributed by atoms with Crippen LogP contribution in [0, 0.1) is 13.8 Å². The fraction of sp³-hybridized carbons (Fsp3) is 0.348. The second-order valence-electron chi connectivity index (χ2n) is 6.21. The van der Waals surface area contributed by atoms with E-state index in [1.165, 1.54) is 11.1 Å². The van der Waals surface area contributed by atoms with Crippen molar-refractivity contribution >= 4 is 23.4 Å². The maximum Gasteiger partial charge on any atom is 0.0649 e. The van der Waals surface area contributed by atoms with Gasteiger partial charge in [0.25, 0.3) is 0 Å². The van der Waals surface area contributed by atoms with Crippen LogP contribution in [0.2, 0.25) is 5.02 Å². The molecule has 0 radical (unpaired) electrons. The first kappa shape index (κ1) is 22.1. The predicted molar refractivity (Wildman–Crippen MR) is 117 cm³/mol. The molecule has 0 unspecified atom stereocenters. The van der Waals surface area contributed by atoms with E-state index in [2.05, 4.69) is 63.3 Å². The number of hydrogen-bond acceptors (Lipinski definition) is 2. The minimum Gasteiger partial charge on any atom is -0.330 e. The van der Waals surface area contributed by atoms with Crippen LogP contribution in [0.4, 0.5) is 0 Å². The van der Waals surface area contributed by atoms with E-state index in [9.17, 15) is 0 Å². The van der Waals surface area contributed by atoms with Crippen molar-refractivity contribution in [3.8, 4) is 0 Å². The molecule has 2 N–H and O–H groups in total. The Balaban J connectivity index is 0.000000765. The summed E-state index contributed by atoms with van der Waals surface area (Å²) in [7, 11) is 0. The smallest absolute Gasteiger partial charge is 0.0649 e. The molecule has 0 saturated heterocycles. The maximum absolute atomic E-state index is 6.08. The number of nitrogens with two attached hydrogens (primary N) is 1. The molecule has 0 aromatic heterocycles. The highest BCUT2D eigenvalue weighted by Gasteiger charge is 2.03. The predicted octanol–water partition coefficient (Wildman–Crippen LogP) is 6.22. The Morgan fingerprint density at radius 2 is 1.73 bits per heavy atom. The molecule has 2 aromatic carbocycles. The summed E-state index contributed by atoms with van der Waals surface area (Å²) in [6, 6.07) is 14.4. The third-order valence-corrected chi connectivity index (χ3v) is 4.26. The molecule has 0 aliphatic heterocycles. The minimum absolute atomic E-state index is 0.802. The number of rotatable bonds is 6. The zero-order valence-electron chi connectivity index (χ0n) is 16.4. The van der Waals surface area contributed by atoms with Crippen molar-refractivity contribution in [1.29, 1.82) is 0 Å². The lowest BCUT2D eigenvalue weighted by molar-refractivity contribution is 0.932. The molecule has 26 heavy (non-hydrogen) atoms. The molecule has 0 amide bonds. The van der Waals surface area contributed by atoms with Gasteiger partial charge in [-0.25, -0.2) is 0 Å². The Morgan fingerprint density at radius 1 is 1.04 bits per heavy atom. The molecular formula is C23H31ClN2. The normalized spacial score (nSPS) is 11.4. The molecule has 0 saturated carbocycles. The highest BCUT2D eigenvalue weighted by atomic mass is 35.5. The van der Waals surface area contributed by atoms with Gasteiger partial charge >= 0.3 is 0 Å². The van der Waals surface area contributed by atoms with Crippen molar-refractivity contribution in [2.45, 2.75) is 40.5 Å². The zero-order valence-corrected chi connectivity index (χ0v) is 17.2. The number of hydrogen-bond donors (Lipinski definition) is 1. The molecule has 2 rings (SSSR count). The Kier molecular flexibility index (Phi) is 10.6. The summed E-state index contributed by atoms with van der Waals surface area (Å²) in [5.41, 5.74) is 10.7. The van der Waals surface area contributed by atoms with Gasteiger partial charge in [0.2, 0.25) is 0 Å². The Hall–Kier alpha value is -1.90. The van der Waals surface area contributed by atoms with E-state index in [-0.39, 0.29) is 0 Å². The minimum atomic E-state index is 0.802. The second-order valence-corrected chi connectivity index (χ2v) is 6.62. The molecule has 0 atom stereocenters. The summed E-state index contributed by atoms with van der Waals surface area (Å²) in [6.45, 7) is 10.0. The monoisotopic (exact) mass is 370 g/mol. The molecule has 140 valence electrons. The van der Waals surface area contributed by atoms with Crippen molar-refractivity contribution in [3.05, 3.63) is 75.8 Å². The second kappa shape index (κ2) is 12.5. The summed E-state index contributed by atoms with van der Waals surface area (Å²) in [4.78, 5) is 4.73. The molecule has 0 spiro atoms. The Bertz CT molecular complexity index is 731. The van der Waals surface area contributed by atoms with Crippen molar-refractivity contribution in [1.82, 2.24) is 0 Å². The van der Waals surface area contributed by atoms with Gasteiger partial charge in [-0.2, -0.15) is 0 Å². The van der Waals surface area contributed by atoms with Crippen molar-refractivity contribution in [2.75, 3.05) is 13.1 Å². The molecule has 2 nitrogen and oxygen atoms in total. The third-order valence-electron chi connectivity index (χ3n) is 3.83. The number of halogens is 1. The van der Waals surface area contributed by atoms with Crippen LogP contribution in [0.3, 0.4) is 0 Å². The highest BCUT2D eigenvalue weighted by Crippen LogP contribution is 2.18. The largest absolute Gasteiger partial charge is 0.330 e. The van der Waals surface area contributed by atoms with Gasteiger partial charge in [0.1, 0.15) is 0 Å². The summed E-state index contributed by atoms with van der Waals surface area (Å²) in [5, 5.41) is 0.802. The van der Waals surface area contributed by atoms with E-state index in [1.54, 1.807) is 0 Å². The first-order chi connectivity index (χ1) is 12.5. The van der Waals surface area contributed by atoms with Gasteiger partial charge in [0.05, 0.1) is 5.71 Å². The van der Waals surface area contributed by atoms with Gasteiger partial charge in [-0.3, -0.25) is 4.99 Å². The summed E-state index contributed by atoms with van der Waals surface area (Å²) in [5.74, 6) is 0. The van der Waals surface area contributed by atoms with E-state index in [0.717, 1.165) is 47.8 Å². The van der Waals surface area contributed by atoms with Crippen LogP contribution in [0.15, 0.2) is 53.5 Å². The SMILES string of the molecule is CCCN.CCCN=C(/C=C/c1ccc(Cl)c(C)c1)c1ccccc1C. The van der Waals surface area contributed by atoms with Crippen LogP contribution in [-0.4, -0.2) is 18.8 Å². The molecule has 0 heterocycles. The average Bonchev–Trinajstić information content (AvgIpc) is 2.65. The molecule has 2 aromatic rings. The Labute approximate surface area is 163 Å². The van der Waals surface area contributed by atoms with Crippen molar-refractivity contribution < 1.29 is 0 Å². The van der Waals surface area contributed by atoms with Gasteiger partial charge in [-0.05, 0) is 62.1 Å². The van der Waals surface area contributed by atoms with Crippen molar-refractivity contribution in [3.63, 3.8) is 0 Å². The number of nitrogens with zero attached hydrogens (tertiary/aromatic N) is 1. The van der Waals surface area contributed by atoms with E-state index >= 15 is 0 Å². The topological polar surface area (TPSA) is 38.4 Å². The number of aryl methyl sites for hydroxylation is 2. The quantitative estimate of drug-likeness (QED) is 0.602. The number of allylic oxidation sites excluding steroid dienone is 1. The number of aliphatic imine (C=N–C) groups is 1. The van der Waals surface area contributed by atoms with Crippen LogP contribution < -0.4 is 5.73 Å². The van der Waals surface area contributed by atoms with Gasteiger partial charge in [0.15, 0.2) is 0 Å². The summed E-state index contributed by atoms with van der Waals surface area (Å²) >= 11 is 6.08. The molecule has 0 aliphatic rings. The molecule has 0 bridgehead atoms. The lowest BCUT2D eigenvalue weighted by Crippen LogP contribution is -2.01. The first-order valence-electron chi connectivity index (χ1n) is 9.28. The fourth-order valence-corrected chi connectivity index (χ4v) is 2.38. The molecule has 3 heteroatoms. The lowest BCUT2D eigenvalue weighted by atomic mass is 10.0. The van der Waals surface area contributed by atoms with Gasteiger partial charge < -0.3 is 5.73 Å². The van der Waals surface area contributed by atoms with E-state index in [0.29, 0.717) is 0 Å². The van der Waals surface area contributed by atoms with Crippen LogP contribution in [0.5, 0.6) is 0 Å². The van der Waals surface area contributed by atoms with E-state index in [4.69, 9.17) is 22.3 Å². The van der Waals surface area contributed by atoms with Crippen LogP contribution in [0.25, 0.3) is 6.08 Å². The fourth-order valence-electron chi connectivity index (χ4n) is 2.27. The number of benzene rings is 2. The highest BCUT2D eigenvalue weighted by molar-refractivity contribution is 6.31. The van der Waals surface area contributed by atoms with Crippen LogP contribution >= 0.6 is 11.6 Å². The van der Waals surface area contributed by atoms with E-state index in [1.807, 2.05) is 19.1 Å². The van der Waals surface area contributed by atoms with Gasteiger partial charge in [-0.15, -0.1) is 0 Å². The van der Waals surface area contributed by atoms with Gasteiger partial charge in [0, 0.05) is 17.1 Å². The molecular weight excluding hydrogens is 340 g/mol. The van der Waals surface area contributed by atoms with E-state index < -0.39 is 0 Å². The Morgan fingerprint density at radius 3 is 2.31 bits per heavy atom. The summed E-state index contributed by atoms with van der Waals surface area (Å²) in [6.07, 6.45) is 6.34. The summed E-state index contributed by atoms with van der Waals surface area (Å²) < 4.78 is 0. The van der Waals surface area contributed by atoms with Crippen molar-refractivity contribution in [2.24, 2.45) is 10.7 Å². The van der Waals surface area contributed by atoms with Crippen LogP contribution in [0.1, 0.15) is 48.9 Å². The third kappa shape index (κ3) is 7.55.